The number of likely N-dealkylation sites (N-methyl/N-ethyl adjacent to an activating group) is 1. The van der Waals surface area contributed by atoms with E-state index in [0.717, 1.165) is 42.9 Å². The fourth-order valence-electron chi connectivity index (χ4n) is 5.12. The van der Waals surface area contributed by atoms with E-state index in [2.05, 4.69) is 15.5 Å². The molecule has 2 heterocycles. The fourth-order valence-corrected chi connectivity index (χ4v) is 5.12. The molecule has 2 aliphatic rings. The van der Waals surface area contributed by atoms with Gasteiger partial charge in [-0.25, -0.2) is 4.79 Å². The molecule has 0 unspecified atom stereocenters. The van der Waals surface area contributed by atoms with Gasteiger partial charge in [-0.15, -0.1) is 0 Å². The summed E-state index contributed by atoms with van der Waals surface area (Å²) < 4.78 is 5.11. The van der Waals surface area contributed by atoms with Crippen LogP contribution in [0.5, 0.6) is 0 Å². The summed E-state index contributed by atoms with van der Waals surface area (Å²) >= 11 is 0. The highest BCUT2D eigenvalue weighted by Crippen LogP contribution is 2.38. The normalized spacial score (nSPS) is 16.1. The van der Waals surface area contributed by atoms with Gasteiger partial charge in [-0.2, -0.15) is 0 Å². The molecule has 0 aromatic heterocycles. The number of likely N-dealkylation sites (tertiary alicyclic amines) is 1. The van der Waals surface area contributed by atoms with Crippen LogP contribution in [0.3, 0.4) is 0 Å². The number of esters is 1. The molecule has 40 heavy (non-hydrogen) atoms. The van der Waals surface area contributed by atoms with Crippen molar-refractivity contribution < 1.29 is 19.1 Å². The van der Waals surface area contributed by atoms with Gasteiger partial charge in [0.05, 0.1) is 35.7 Å². The lowest BCUT2D eigenvalue weighted by Gasteiger charge is -2.28. The Morgan fingerprint density at radius 3 is 2.38 bits per heavy atom. The number of piperidine rings is 1. The van der Waals surface area contributed by atoms with Gasteiger partial charge >= 0.3 is 5.97 Å². The first-order valence-corrected chi connectivity index (χ1v) is 13.7. The van der Waals surface area contributed by atoms with Crippen LogP contribution < -0.4 is 15.5 Å². The van der Waals surface area contributed by atoms with Crippen LogP contribution in [0.4, 0.5) is 17.1 Å². The Bertz CT molecular complexity index is 1430. The minimum absolute atomic E-state index is 0.0659. The molecule has 0 atom stereocenters. The van der Waals surface area contributed by atoms with Gasteiger partial charge in [0, 0.05) is 24.0 Å². The van der Waals surface area contributed by atoms with Gasteiger partial charge in [-0.05, 0) is 74.8 Å². The van der Waals surface area contributed by atoms with Crippen molar-refractivity contribution in [2.24, 2.45) is 0 Å². The summed E-state index contributed by atoms with van der Waals surface area (Å²) in [4.78, 5) is 42.3. The zero-order chi connectivity index (χ0) is 28.1. The van der Waals surface area contributed by atoms with E-state index in [0.29, 0.717) is 34.6 Å². The van der Waals surface area contributed by atoms with E-state index in [1.165, 1.54) is 6.42 Å². The fraction of sp³-hybridized carbons (Fsp3) is 0.281. The van der Waals surface area contributed by atoms with Crippen molar-refractivity contribution in [1.29, 1.82) is 0 Å². The molecule has 1 saturated heterocycles. The van der Waals surface area contributed by atoms with Gasteiger partial charge in [0.2, 0.25) is 5.91 Å². The number of ether oxygens (including phenoxy) is 1. The number of nitrogens with zero attached hydrogens (tertiary/aromatic N) is 2. The Balaban J connectivity index is 1.41. The van der Waals surface area contributed by atoms with Crippen molar-refractivity contribution in [3.63, 3.8) is 0 Å². The maximum atomic E-state index is 13.3. The molecule has 206 valence electrons. The molecule has 1 fully saturated rings. The summed E-state index contributed by atoms with van der Waals surface area (Å²) in [6.07, 6.45) is 3.52. The highest BCUT2D eigenvalue weighted by molar-refractivity contribution is 6.37. The van der Waals surface area contributed by atoms with Crippen molar-refractivity contribution in [2.45, 2.75) is 26.2 Å². The van der Waals surface area contributed by atoms with Gasteiger partial charge in [0.1, 0.15) is 0 Å². The van der Waals surface area contributed by atoms with Crippen LogP contribution >= 0.6 is 0 Å². The molecule has 5 rings (SSSR count). The van der Waals surface area contributed by atoms with E-state index in [-0.39, 0.29) is 18.4 Å². The molecular weight excluding hydrogens is 504 g/mol. The van der Waals surface area contributed by atoms with Crippen LogP contribution in [0.2, 0.25) is 0 Å². The smallest absolute Gasteiger partial charge is 0.338 e. The molecule has 8 heteroatoms. The average molecular weight is 539 g/mol. The number of anilines is 3. The maximum absolute atomic E-state index is 13.3. The van der Waals surface area contributed by atoms with Crippen molar-refractivity contribution in [2.75, 3.05) is 48.8 Å². The first-order valence-electron chi connectivity index (χ1n) is 13.7. The number of hydrogen-bond donors (Lipinski definition) is 2. The van der Waals surface area contributed by atoms with Crippen LogP contribution in [-0.2, 0) is 14.3 Å². The molecule has 0 aliphatic carbocycles. The number of rotatable bonds is 8. The molecule has 0 radical (unpaired) electrons. The van der Waals surface area contributed by atoms with Crippen molar-refractivity contribution in [3.8, 4) is 0 Å². The number of hydrogen-bond acceptors (Lipinski definition) is 6. The van der Waals surface area contributed by atoms with E-state index < -0.39 is 5.97 Å². The van der Waals surface area contributed by atoms with E-state index in [4.69, 9.17) is 4.74 Å². The van der Waals surface area contributed by atoms with Gasteiger partial charge in [-0.1, -0.05) is 42.8 Å². The van der Waals surface area contributed by atoms with Gasteiger partial charge < -0.3 is 20.3 Å². The summed E-state index contributed by atoms with van der Waals surface area (Å²) in [6.45, 7) is 4.40. The molecular formula is C32H34N4O4. The summed E-state index contributed by atoms with van der Waals surface area (Å²) in [6, 6.07) is 22.3. The predicted octanol–water partition coefficient (Wildman–Crippen LogP) is 5.24. The number of carbonyl (C=O) groups excluding carboxylic acids is 3. The highest BCUT2D eigenvalue weighted by Gasteiger charge is 2.29. The molecule has 2 aliphatic heterocycles. The van der Waals surface area contributed by atoms with Gasteiger partial charge in [0.25, 0.3) is 5.91 Å². The van der Waals surface area contributed by atoms with E-state index in [1.54, 1.807) is 37.1 Å². The first-order chi connectivity index (χ1) is 19.4. The van der Waals surface area contributed by atoms with Gasteiger partial charge in [-0.3, -0.25) is 14.5 Å². The molecule has 0 spiro atoms. The third-order valence-electron chi connectivity index (χ3n) is 7.29. The van der Waals surface area contributed by atoms with Gasteiger partial charge in [0.15, 0.2) is 0 Å². The standard InChI is InChI=1S/C32H34N4O4/c1-3-40-32(39)23-12-17-26-27(20-23)34-31(38)29(26)30(22-10-6-4-7-11-22)33-24-13-15-25(16-14-24)35(2)28(37)21-36-18-8-5-9-19-36/h4,6-7,10-17,20,33H,3,5,8-9,18-19,21H2,1-2H3,(H,34,38)/b30-29-. The number of amides is 2. The molecule has 8 nitrogen and oxygen atoms in total. The Kier molecular flexibility index (Phi) is 8.26. The van der Waals surface area contributed by atoms with E-state index in [9.17, 15) is 14.4 Å². The molecule has 2 amide bonds. The number of fused-ring (bicyclic) bond motifs is 1. The van der Waals surface area contributed by atoms with Crippen molar-refractivity contribution >= 4 is 46.1 Å². The van der Waals surface area contributed by atoms with E-state index in [1.807, 2.05) is 54.6 Å². The number of carbonyl (C=O) groups is 3. The summed E-state index contributed by atoms with van der Waals surface area (Å²) in [5, 5.41) is 6.34. The molecule has 0 bridgehead atoms. The average Bonchev–Trinajstić information content (AvgIpc) is 3.31. The third kappa shape index (κ3) is 5.92. The highest BCUT2D eigenvalue weighted by atomic mass is 16.5. The van der Waals surface area contributed by atoms with Crippen LogP contribution in [0.25, 0.3) is 11.3 Å². The molecule has 0 saturated carbocycles. The van der Waals surface area contributed by atoms with Crippen molar-refractivity contribution in [1.82, 2.24) is 4.90 Å². The lowest BCUT2D eigenvalue weighted by atomic mass is 9.99. The minimum atomic E-state index is -0.433. The molecule has 3 aromatic rings. The third-order valence-corrected chi connectivity index (χ3v) is 7.29. The first kappa shape index (κ1) is 27.1. The molecule has 2 N–H and O–H groups in total. The second kappa shape index (κ2) is 12.2. The predicted molar refractivity (Wildman–Crippen MR) is 158 cm³/mol. The number of benzene rings is 3. The quantitative estimate of drug-likeness (QED) is 0.301. The Labute approximate surface area is 234 Å². The monoisotopic (exact) mass is 538 g/mol. The Hall–Kier alpha value is -4.43. The number of nitrogens with one attached hydrogen (secondary N) is 2. The second-order valence-electron chi connectivity index (χ2n) is 10.0. The largest absolute Gasteiger partial charge is 0.462 e. The summed E-state index contributed by atoms with van der Waals surface area (Å²) in [5.41, 5.74) is 5.18. The van der Waals surface area contributed by atoms with Crippen LogP contribution in [0.1, 0.15) is 47.7 Å². The van der Waals surface area contributed by atoms with Crippen LogP contribution in [0.15, 0.2) is 72.8 Å². The SMILES string of the molecule is CCOC(=O)c1ccc2c(c1)NC(=O)/C2=C(\Nc1ccc(N(C)C(=O)CN2CCCCC2)cc1)c1ccccc1. The van der Waals surface area contributed by atoms with Crippen molar-refractivity contribution in [3.05, 3.63) is 89.5 Å². The van der Waals surface area contributed by atoms with E-state index >= 15 is 0 Å². The Morgan fingerprint density at radius 2 is 1.68 bits per heavy atom. The Morgan fingerprint density at radius 1 is 0.950 bits per heavy atom. The lowest BCUT2D eigenvalue weighted by Crippen LogP contribution is -2.40. The zero-order valence-corrected chi connectivity index (χ0v) is 22.9. The van der Waals surface area contributed by atoms with Crippen LogP contribution in [-0.4, -0.2) is 56.0 Å². The maximum Gasteiger partial charge on any atom is 0.338 e. The summed E-state index contributed by atoms with van der Waals surface area (Å²) in [5.74, 6) is -0.629. The topological polar surface area (TPSA) is 91.0 Å². The molecule has 3 aromatic carbocycles. The lowest BCUT2D eigenvalue weighted by molar-refractivity contribution is -0.119. The second-order valence-corrected chi connectivity index (χ2v) is 10.0. The minimum Gasteiger partial charge on any atom is -0.462 e. The zero-order valence-electron chi connectivity index (χ0n) is 22.9. The summed E-state index contributed by atoms with van der Waals surface area (Å²) in [7, 11) is 1.80. The van der Waals surface area contributed by atoms with Crippen LogP contribution in [0, 0.1) is 0 Å².